The summed E-state index contributed by atoms with van der Waals surface area (Å²) in [5, 5.41) is 20.2. The van der Waals surface area contributed by atoms with Crippen LogP contribution in [0.25, 0.3) is 0 Å². The normalized spacial score (nSPS) is 23.8. The van der Waals surface area contributed by atoms with Crippen molar-refractivity contribution in [3.05, 3.63) is 54.1 Å². The van der Waals surface area contributed by atoms with Crippen molar-refractivity contribution in [2.75, 3.05) is 13.1 Å². The number of piperidine rings is 1. The third kappa shape index (κ3) is 3.81. The Kier molecular flexibility index (Phi) is 5.74. The second-order valence-electron chi connectivity index (χ2n) is 7.17. The van der Waals surface area contributed by atoms with Crippen LogP contribution in [0, 0.1) is 5.41 Å². The highest BCUT2D eigenvalue weighted by Crippen LogP contribution is 2.37. The molecule has 0 spiro atoms. The molecule has 1 aliphatic rings. The Morgan fingerprint density at radius 1 is 1.31 bits per heavy atom. The Labute approximate surface area is 154 Å². The number of aliphatic hydroxyl groups is 1. The molecule has 140 valence electrons. The monoisotopic (exact) mass is 357 g/mol. The Bertz CT molecular complexity index is 731. The van der Waals surface area contributed by atoms with Crippen molar-refractivity contribution in [1.82, 2.24) is 14.5 Å². The fraction of sp³-hybridized carbons (Fsp3) is 0.500. The molecule has 2 atom stereocenters. The van der Waals surface area contributed by atoms with E-state index in [-0.39, 0.29) is 0 Å². The number of nitrogens with zero attached hydrogens (tertiary/aromatic N) is 3. The zero-order chi connectivity index (χ0) is 18.6. The molecule has 2 heterocycles. The number of aromatic nitrogens is 2. The molecule has 1 aromatic heterocycles. The molecule has 1 aromatic carbocycles. The molecule has 0 amide bonds. The minimum atomic E-state index is -1.01. The average Bonchev–Trinajstić information content (AvgIpc) is 3.05. The molecular weight excluding hydrogens is 330 g/mol. The van der Waals surface area contributed by atoms with Crippen molar-refractivity contribution in [1.29, 1.82) is 0 Å². The lowest BCUT2D eigenvalue weighted by atomic mass is 9.73. The molecule has 1 saturated heterocycles. The first-order valence-corrected chi connectivity index (χ1v) is 9.23. The van der Waals surface area contributed by atoms with E-state index < -0.39 is 17.5 Å². The fourth-order valence-corrected chi connectivity index (χ4v) is 3.89. The summed E-state index contributed by atoms with van der Waals surface area (Å²) in [6.45, 7) is 4.34. The van der Waals surface area contributed by atoms with E-state index in [0.717, 1.165) is 18.8 Å². The zero-order valence-corrected chi connectivity index (χ0v) is 15.2. The topological polar surface area (TPSA) is 78.6 Å². The molecule has 3 rings (SSSR count). The quantitative estimate of drug-likeness (QED) is 0.795. The van der Waals surface area contributed by atoms with Crippen molar-refractivity contribution in [2.24, 2.45) is 5.41 Å². The third-order valence-electron chi connectivity index (χ3n) is 5.43. The molecule has 6 nitrogen and oxygen atoms in total. The number of β-amino-alcohol motifs (C(OH)–C–C–N with tert-alkyl or cyclic N) is 1. The highest BCUT2D eigenvalue weighted by molar-refractivity contribution is 5.75. The Morgan fingerprint density at radius 3 is 2.73 bits per heavy atom. The smallest absolute Gasteiger partial charge is 0.312 e. The number of imidazole rings is 1. The largest absolute Gasteiger partial charge is 0.481 e. The SMILES string of the molecule is CCC[C@]1(C(=O)O)CCN(Cc2nccn2Cc2ccccc2)C[C@@H]1O. The summed E-state index contributed by atoms with van der Waals surface area (Å²) in [5.41, 5.74) is 0.198. The third-order valence-corrected chi connectivity index (χ3v) is 5.43. The number of hydrogen-bond donors (Lipinski definition) is 2. The lowest BCUT2D eigenvalue weighted by Gasteiger charge is -2.42. The molecule has 0 unspecified atom stereocenters. The summed E-state index contributed by atoms with van der Waals surface area (Å²) < 4.78 is 2.10. The lowest BCUT2D eigenvalue weighted by Crippen LogP contribution is -2.54. The fourth-order valence-electron chi connectivity index (χ4n) is 3.89. The van der Waals surface area contributed by atoms with Gasteiger partial charge < -0.3 is 14.8 Å². The highest BCUT2D eigenvalue weighted by atomic mass is 16.4. The van der Waals surface area contributed by atoms with Gasteiger partial charge in [-0.05, 0) is 24.9 Å². The van der Waals surface area contributed by atoms with Gasteiger partial charge in [0.25, 0.3) is 0 Å². The van der Waals surface area contributed by atoms with Gasteiger partial charge in [0, 0.05) is 25.5 Å². The standard InChI is InChI=1S/C20H27N3O3/c1-2-8-20(19(25)26)9-11-22(14-17(20)24)15-18-21-10-12-23(18)13-16-6-4-3-5-7-16/h3-7,10,12,17,24H,2,8-9,11,13-15H2,1H3,(H,25,26)/t17-,20-/m0/s1. The van der Waals surface area contributed by atoms with Gasteiger partial charge in [-0.1, -0.05) is 43.7 Å². The van der Waals surface area contributed by atoms with Gasteiger partial charge in [0.1, 0.15) is 5.82 Å². The summed E-state index contributed by atoms with van der Waals surface area (Å²) >= 11 is 0. The van der Waals surface area contributed by atoms with E-state index >= 15 is 0 Å². The van der Waals surface area contributed by atoms with Crippen LogP contribution < -0.4 is 0 Å². The summed E-state index contributed by atoms with van der Waals surface area (Å²) in [7, 11) is 0. The van der Waals surface area contributed by atoms with Crippen molar-refractivity contribution in [2.45, 2.75) is 45.4 Å². The van der Waals surface area contributed by atoms with E-state index in [1.54, 1.807) is 6.20 Å². The molecule has 0 bridgehead atoms. The van der Waals surface area contributed by atoms with E-state index in [0.29, 0.717) is 32.5 Å². The molecule has 0 radical (unpaired) electrons. The predicted molar refractivity (Wildman–Crippen MR) is 98.6 cm³/mol. The van der Waals surface area contributed by atoms with Crippen LogP contribution in [0.15, 0.2) is 42.7 Å². The molecule has 2 aromatic rings. The van der Waals surface area contributed by atoms with Crippen LogP contribution in [-0.2, 0) is 17.9 Å². The number of carboxylic acid groups (broad SMARTS) is 1. The van der Waals surface area contributed by atoms with Crippen molar-refractivity contribution < 1.29 is 15.0 Å². The molecule has 0 saturated carbocycles. The van der Waals surface area contributed by atoms with E-state index in [9.17, 15) is 15.0 Å². The second-order valence-corrected chi connectivity index (χ2v) is 7.17. The minimum absolute atomic E-state index is 0.366. The Morgan fingerprint density at radius 2 is 2.08 bits per heavy atom. The van der Waals surface area contributed by atoms with Gasteiger partial charge in [-0.25, -0.2) is 4.98 Å². The van der Waals surface area contributed by atoms with Crippen LogP contribution in [0.2, 0.25) is 0 Å². The first-order valence-electron chi connectivity index (χ1n) is 9.23. The molecular formula is C20H27N3O3. The van der Waals surface area contributed by atoms with E-state index in [1.165, 1.54) is 5.56 Å². The lowest BCUT2D eigenvalue weighted by molar-refractivity contribution is -0.164. The Balaban J connectivity index is 1.66. The first-order chi connectivity index (χ1) is 12.5. The van der Waals surface area contributed by atoms with Gasteiger partial charge in [-0.2, -0.15) is 0 Å². The van der Waals surface area contributed by atoms with E-state index in [1.807, 2.05) is 31.3 Å². The van der Waals surface area contributed by atoms with Crippen molar-refractivity contribution in [3.8, 4) is 0 Å². The number of hydrogen-bond acceptors (Lipinski definition) is 4. The number of aliphatic carboxylic acids is 1. The van der Waals surface area contributed by atoms with Crippen LogP contribution in [0.3, 0.4) is 0 Å². The summed E-state index contributed by atoms with van der Waals surface area (Å²) in [4.78, 5) is 18.3. The molecule has 1 aliphatic heterocycles. The number of rotatable bonds is 7. The predicted octanol–water partition coefficient (Wildman–Crippen LogP) is 2.37. The second kappa shape index (κ2) is 8.01. The van der Waals surface area contributed by atoms with Crippen molar-refractivity contribution >= 4 is 5.97 Å². The van der Waals surface area contributed by atoms with Crippen LogP contribution in [0.1, 0.15) is 37.6 Å². The van der Waals surface area contributed by atoms with E-state index in [2.05, 4.69) is 26.6 Å². The van der Waals surface area contributed by atoms with Crippen LogP contribution >= 0.6 is 0 Å². The maximum absolute atomic E-state index is 11.8. The maximum Gasteiger partial charge on any atom is 0.312 e. The van der Waals surface area contributed by atoms with Gasteiger partial charge in [0.05, 0.1) is 18.1 Å². The molecule has 0 aliphatic carbocycles. The zero-order valence-electron chi connectivity index (χ0n) is 15.2. The van der Waals surface area contributed by atoms with Gasteiger partial charge >= 0.3 is 5.97 Å². The van der Waals surface area contributed by atoms with Gasteiger partial charge in [0.15, 0.2) is 0 Å². The van der Waals surface area contributed by atoms with Crippen LogP contribution in [0.4, 0.5) is 0 Å². The summed E-state index contributed by atoms with van der Waals surface area (Å²) in [6.07, 6.45) is 4.63. The van der Waals surface area contributed by atoms with Gasteiger partial charge in [0.2, 0.25) is 0 Å². The average molecular weight is 357 g/mol. The molecule has 2 N–H and O–H groups in total. The molecule has 6 heteroatoms. The van der Waals surface area contributed by atoms with Crippen LogP contribution in [0.5, 0.6) is 0 Å². The van der Waals surface area contributed by atoms with Gasteiger partial charge in [-0.15, -0.1) is 0 Å². The highest BCUT2D eigenvalue weighted by Gasteiger charge is 2.47. The molecule has 26 heavy (non-hydrogen) atoms. The maximum atomic E-state index is 11.8. The van der Waals surface area contributed by atoms with E-state index in [4.69, 9.17) is 0 Å². The first kappa shape index (κ1) is 18.6. The minimum Gasteiger partial charge on any atom is -0.481 e. The summed E-state index contributed by atoms with van der Waals surface area (Å²) in [5.74, 6) is 0.0523. The number of carbonyl (C=O) groups is 1. The van der Waals surface area contributed by atoms with Crippen LogP contribution in [-0.4, -0.2) is 49.8 Å². The van der Waals surface area contributed by atoms with Crippen molar-refractivity contribution in [3.63, 3.8) is 0 Å². The number of carboxylic acids is 1. The molecule has 1 fully saturated rings. The number of benzene rings is 1. The van der Waals surface area contributed by atoms with Gasteiger partial charge in [-0.3, -0.25) is 9.69 Å². The Hall–Kier alpha value is -2.18. The number of likely N-dealkylation sites (tertiary alicyclic amines) is 1. The number of aliphatic hydroxyl groups excluding tert-OH is 1. The summed E-state index contributed by atoms with van der Waals surface area (Å²) in [6, 6.07) is 10.2.